The van der Waals surface area contributed by atoms with E-state index in [1.807, 2.05) is 31.2 Å². The van der Waals surface area contributed by atoms with Crippen molar-refractivity contribution in [2.24, 2.45) is 4.99 Å². The van der Waals surface area contributed by atoms with E-state index in [2.05, 4.69) is 15.2 Å². The molecule has 1 aliphatic rings. The molecule has 132 valence electrons. The van der Waals surface area contributed by atoms with Crippen molar-refractivity contribution >= 4 is 23.7 Å². The fraction of sp³-hybridized carbons (Fsp3) is 0.529. The Hall–Kier alpha value is -1.95. The zero-order valence-corrected chi connectivity index (χ0v) is 15.1. The predicted molar refractivity (Wildman–Crippen MR) is 96.7 cm³/mol. The lowest BCUT2D eigenvalue weighted by Gasteiger charge is -2.35. The van der Waals surface area contributed by atoms with Gasteiger partial charge in [0.25, 0.3) is 0 Å². The summed E-state index contributed by atoms with van der Waals surface area (Å²) in [6, 6.07) is 7.86. The molecule has 1 N–H and O–H groups in total. The van der Waals surface area contributed by atoms with Gasteiger partial charge in [-0.25, -0.2) is 4.79 Å². The van der Waals surface area contributed by atoms with Gasteiger partial charge in [0.15, 0.2) is 5.96 Å². The summed E-state index contributed by atoms with van der Waals surface area (Å²) in [6.45, 7) is 5.75. The number of rotatable bonds is 4. The minimum atomic E-state index is -0.237. The molecule has 24 heavy (non-hydrogen) atoms. The Morgan fingerprint density at radius 2 is 1.92 bits per heavy atom. The van der Waals surface area contributed by atoms with Gasteiger partial charge in [-0.3, -0.25) is 4.99 Å². The lowest BCUT2D eigenvalue weighted by Crippen LogP contribution is -2.54. The first-order valence-electron chi connectivity index (χ1n) is 8.26. The Morgan fingerprint density at radius 3 is 2.54 bits per heavy atom. The molecule has 1 aliphatic heterocycles. The fourth-order valence-electron chi connectivity index (χ4n) is 2.66. The molecule has 1 amide bonds. The van der Waals surface area contributed by atoms with Gasteiger partial charge in [0.1, 0.15) is 0 Å². The molecule has 0 atom stereocenters. The Bertz CT molecular complexity index is 571. The van der Waals surface area contributed by atoms with Crippen molar-refractivity contribution in [1.29, 1.82) is 0 Å². The van der Waals surface area contributed by atoms with Crippen molar-refractivity contribution in [1.82, 2.24) is 15.1 Å². The molecule has 1 aromatic carbocycles. The smallest absolute Gasteiger partial charge is 0.409 e. The predicted octanol–water partition coefficient (Wildman–Crippen LogP) is 2.23. The Balaban J connectivity index is 1.79. The molecule has 0 bridgehead atoms. The van der Waals surface area contributed by atoms with Crippen molar-refractivity contribution in [3.63, 3.8) is 0 Å². The SMILES string of the molecule is CCOC(=O)N1CCN(C(=NC)NCCc2ccccc2Cl)CC1. The van der Waals surface area contributed by atoms with Crippen LogP contribution >= 0.6 is 11.6 Å². The largest absolute Gasteiger partial charge is 0.450 e. The van der Waals surface area contributed by atoms with Crippen molar-refractivity contribution in [2.45, 2.75) is 13.3 Å². The zero-order chi connectivity index (χ0) is 17.4. The molecular weight excluding hydrogens is 328 g/mol. The molecule has 1 saturated heterocycles. The number of hydrogen-bond donors (Lipinski definition) is 1. The minimum absolute atomic E-state index is 0.237. The summed E-state index contributed by atoms with van der Waals surface area (Å²) in [5, 5.41) is 4.16. The molecule has 2 rings (SSSR count). The van der Waals surface area contributed by atoms with Crippen molar-refractivity contribution < 1.29 is 9.53 Å². The van der Waals surface area contributed by atoms with Gasteiger partial charge in [-0.2, -0.15) is 0 Å². The van der Waals surface area contributed by atoms with E-state index >= 15 is 0 Å². The maximum absolute atomic E-state index is 11.7. The van der Waals surface area contributed by atoms with Crippen LogP contribution in [0.4, 0.5) is 4.79 Å². The summed E-state index contributed by atoms with van der Waals surface area (Å²) in [5.41, 5.74) is 1.12. The molecule has 7 heteroatoms. The maximum Gasteiger partial charge on any atom is 0.409 e. The third-order valence-corrected chi connectivity index (χ3v) is 4.32. The number of nitrogens with zero attached hydrogens (tertiary/aromatic N) is 3. The van der Waals surface area contributed by atoms with Crippen LogP contribution < -0.4 is 5.32 Å². The number of hydrogen-bond acceptors (Lipinski definition) is 3. The molecule has 0 radical (unpaired) electrons. The molecule has 0 unspecified atom stereocenters. The number of nitrogens with one attached hydrogen (secondary N) is 1. The fourth-order valence-corrected chi connectivity index (χ4v) is 2.89. The average Bonchev–Trinajstić information content (AvgIpc) is 2.61. The molecule has 1 aromatic rings. The second kappa shape index (κ2) is 9.37. The first kappa shape index (κ1) is 18.4. The number of benzene rings is 1. The molecule has 6 nitrogen and oxygen atoms in total. The minimum Gasteiger partial charge on any atom is -0.450 e. The second-order valence-electron chi connectivity index (χ2n) is 5.49. The van der Waals surface area contributed by atoms with Crippen LogP contribution in [0.5, 0.6) is 0 Å². The van der Waals surface area contributed by atoms with Crippen molar-refractivity contribution in [3.8, 4) is 0 Å². The number of guanidine groups is 1. The Morgan fingerprint density at radius 1 is 1.25 bits per heavy atom. The number of carbonyl (C=O) groups excluding carboxylic acids is 1. The summed E-state index contributed by atoms with van der Waals surface area (Å²) < 4.78 is 5.04. The summed E-state index contributed by atoms with van der Waals surface area (Å²) >= 11 is 6.18. The monoisotopic (exact) mass is 352 g/mol. The lowest BCUT2D eigenvalue weighted by atomic mass is 10.1. The number of aliphatic imine (C=N–C) groups is 1. The second-order valence-corrected chi connectivity index (χ2v) is 5.90. The van der Waals surface area contributed by atoms with Gasteiger partial charge in [0.2, 0.25) is 0 Å². The molecular formula is C17H25ClN4O2. The number of amides is 1. The first-order valence-corrected chi connectivity index (χ1v) is 8.64. The van der Waals surface area contributed by atoms with Gasteiger partial charge in [0, 0.05) is 44.8 Å². The highest BCUT2D eigenvalue weighted by Crippen LogP contribution is 2.14. The molecule has 0 saturated carbocycles. The quantitative estimate of drug-likeness (QED) is 0.667. The maximum atomic E-state index is 11.7. The third kappa shape index (κ3) is 5.03. The van der Waals surface area contributed by atoms with Gasteiger partial charge < -0.3 is 19.9 Å². The van der Waals surface area contributed by atoms with Gasteiger partial charge in [0.05, 0.1) is 6.61 Å². The normalized spacial score (nSPS) is 15.4. The molecule has 0 spiro atoms. The summed E-state index contributed by atoms with van der Waals surface area (Å²) in [7, 11) is 1.77. The van der Waals surface area contributed by atoms with E-state index in [1.54, 1.807) is 11.9 Å². The summed E-state index contributed by atoms with van der Waals surface area (Å²) in [5.74, 6) is 0.852. The van der Waals surface area contributed by atoms with Gasteiger partial charge >= 0.3 is 6.09 Å². The van der Waals surface area contributed by atoms with Crippen molar-refractivity contribution in [2.75, 3.05) is 46.4 Å². The zero-order valence-electron chi connectivity index (χ0n) is 14.3. The Kier molecular flexibility index (Phi) is 7.18. The van der Waals surface area contributed by atoms with Gasteiger partial charge in [-0.15, -0.1) is 0 Å². The van der Waals surface area contributed by atoms with E-state index in [0.717, 1.165) is 42.6 Å². The van der Waals surface area contributed by atoms with Crippen LogP contribution in [-0.2, 0) is 11.2 Å². The highest BCUT2D eigenvalue weighted by Gasteiger charge is 2.23. The Labute approximate surface area is 148 Å². The third-order valence-electron chi connectivity index (χ3n) is 3.95. The van der Waals surface area contributed by atoms with Crippen molar-refractivity contribution in [3.05, 3.63) is 34.9 Å². The molecule has 0 aromatic heterocycles. The number of ether oxygens (including phenoxy) is 1. The van der Waals surface area contributed by atoms with E-state index < -0.39 is 0 Å². The molecule has 1 fully saturated rings. The van der Waals surface area contributed by atoms with Crippen LogP contribution in [0.25, 0.3) is 0 Å². The van der Waals surface area contributed by atoms with E-state index in [1.165, 1.54) is 0 Å². The van der Waals surface area contributed by atoms with E-state index in [0.29, 0.717) is 19.7 Å². The average molecular weight is 353 g/mol. The van der Waals surface area contributed by atoms with Crippen LogP contribution in [0.2, 0.25) is 5.02 Å². The van der Waals surface area contributed by atoms with Crippen LogP contribution in [0.1, 0.15) is 12.5 Å². The highest BCUT2D eigenvalue weighted by atomic mass is 35.5. The van der Waals surface area contributed by atoms with Crippen LogP contribution in [-0.4, -0.2) is 68.2 Å². The topological polar surface area (TPSA) is 57.2 Å². The molecule has 1 heterocycles. The number of carbonyl (C=O) groups is 1. The van der Waals surface area contributed by atoms with Gasteiger partial charge in [-0.05, 0) is 25.0 Å². The lowest BCUT2D eigenvalue weighted by molar-refractivity contribution is 0.0915. The number of halogens is 1. The standard InChI is InChI=1S/C17H25ClN4O2/c1-3-24-17(23)22-12-10-21(11-13-22)16(19-2)20-9-8-14-6-4-5-7-15(14)18/h4-7H,3,8-13H2,1-2H3,(H,19,20). The number of piperazine rings is 1. The first-order chi connectivity index (χ1) is 11.7. The molecule has 0 aliphatic carbocycles. The van der Waals surface area contributed by atoms with E-state index in [-0.39, 0.29) is 6.09 Å². The summed E-state index contributed by atoms with van der Waals surface area (Å²) in [4.78, 5) is 20.0. The van der Waals surface area contributed by atoms with E-state index in [4.69, 9.17) is 16.3 Å². The summed E-state index contributed by atoms with van der Waals surface area (Å²) in [6.07, 6.45) is 0.598. The van der Waals surface area contributed by atoms with E-state index in [9.17, 15) is 4.79 Å². The van der Waals surface area contributed by atoms with Crippen LogP contribution in [0, 0.1) is 0 Å². The highest BCUT2D eigenvalue weighted by molar-refractivity contribution is 6.31. The van der Waals surface area contributed by atoms with Crippen LogP contribution in [0.3, 0.4) is 0 Å². The van der Waals surface area contributed by atoms with Crippen LogP contribution in [0.15, 0.2) is 29.3 Å². The van der Waals surface area contributed by atoms with Gasteiger partial charge in [-0.1, -0.05) is 29.8 Å².